The minimum absolute atomic E-state index is 0.598. The van der Waals surface area contributed by atoms with Crippen LogP contribution in [0.25, 0.3) is 0 Å². The zero-order valence-corrected chi connectivity index (χ0v) is 5.20. The maximum absolute atomic E-state index is 3.78. The fourth-order valence-corrected chi connectivity index (χ4v) is 0.730. The molecule has 1 aliphatic heterocycles. The van der Waals surface area contributed by atoms with E-state index in [-0.39, 0.29) is 0 Å². The van der Waals surface area contributed by atoms with E-state index < -0.39 is 0 Å². The maximum Gasteiger partial charge on any atom is 0.0350 e. The molecule has 0 amide bonds. The number of nitrogens with one attached hydrogen (secondary N) is 2. The third-order valence-electron chi connectivity index (χ3n) is 1.32. The monoisotopic (exact) mass is 112 g/mol. The lowest BCUT2D eigenvalue weighted by molar-refractivity contribution is 0.489. The average molecular weight is 112 g/mol. The van der Waals surface area contributed by atoms with Gasteiger partial charge in [0.25, 0.3) is 0 Å². The topological polar surface area (TPSA) is 24.1 Å². The Balaban J connectivity index is 2.29. The minimum atomic E-state index is 0.598. The molecule has 0 bridgehead atoms. The molecule has 2 heteroatoms. The molecular weight excluding hydrogens is 100 g/mol. The molecule has 1 rings (SSSR count). The number of hydrogen-bond acceptors (Lipinski definition) is 2. The van der Waals surface area contributed by atoms with Crippen molar-refractivity contribution in [2.45, 2.75) is 13.0 Å². The molecule has 2 nitrogen and oxygen atoms in total. The zero-order chi connectivity index (χ0) is 5.98. The van der Waals surface area contributed by atoms with E-state index in [1.165, 1.54) is 0 Å². The van der Waals surface area contributed by atoms with Crippen LogP contribution >= 0.6 is 0 Å². The number of piperazine rings is 1. The van der Waals surface area contributed by atoms with Gasteiger partial charge in [-0.05, 0) is 6.92 Å². The molecule has 0 aromatic rings. The van der Waals surface area contributed by atoms with Gasteiger partial charge in [-0.2, -0.15) is 0 Å². The summed E-state index contributed by atoms with van der Waals surface area (Å²) >= 11 is 0. The third kappa shape index (κ3) is 1.23. The van der Waals surface area contributed by atoms with Crippen LogP contribution in [-0.2, 0) is 0 Å². The van der Waals surface area contributed by atoms with E-state index in [9.17, 15) is 0 Å². The van der Waals surface area contributed by atoms with Crippen LogP contribution in [0.4, 0.5) is 0 Å². The Morgan fingerprint density at radius 2 is 2.50 bits per heavy atom. The van der Waals surface area contributed by atoms with E-state index in [1.54, 1.807) is 0 Å². The summed E-state index contributed by atoms with van der Waals surface area (Å²) in [6.45, 7) is 7.86. The lowest BCUT2D eigenvalue weighted by atomic mass is 10.2. The Kier molecular flexibility index (Phi) is 1.53. The molecule has 1 fully saturated rings. The molecule has 0 aliphatic carbocycles. The molecular formula is C6H12N2. The van der Waals surface area contributed by atoms with E-state index in [0.717, 1.165) is 18.8 Å². The van der Waals surface area contributed by atoms with Crippen molar-refractivity contribution in [3.63, 3.8) is 0 Å². The second kappa shape index (κ2) is 2.18. The van der Waals surface area contributed by atoms with E-state index in [2.05, 4.69) is 24.1 Å². The van der Waals surface area contributed by atoms with E-state index in [0.29, 0.717) is 6.04 Å². The molecule has 1 heterocycles. The molecule has 0 aromatic carbocycles. The Hall–Kier alpha value is -0.500. The van der Waals surface area contributed by atoms with Gasteiger partial charge in [0.15, 0.2) is 0 Å². The van der Waals surface area contributed by atoms with Gasteiger partial charge in [0.2, 0.25) is 0 Å². The highest BCUT2D eigenvalue weighted by molar-refractivity contribution is 4.98. The molecule has 0 spiro atoms. The van der Waals surface area contributed by atoms with Crippen LogP contribution < -0.4 is 10.6 Å². The van der Waals surface area contributed by atoms with Crippen molar-refractivity contribution in [3.8, 4) is 0 Å². The lowest BCUT2D eigenvalue weighted by Gasteiger charge is -2.23. The number of rotatable bonds is 0. The van der Waals surface area contributed by atoms with Crippen LogP contribution in [0.5, 0.6) is 0 Å². The van der Waals surface area contributed by atoms with Gasteiger partial charge in [-0.25, -0.2) is 0 Å². The fraction of sp³-hybridized carbons (Fsp3) is 0.667. The summed E-state index contributed by atoms with van der Waals surface area (Å²) in [7, 11) is 0. The summed E-state index contributed by atoms with van der Waals surface area (Å²) in [5.74, 6) is 0. The van der Waals surface area contributed by atoms with Crippen LogP contribution in [0, 0.1) is 0 Å². The van der Waals surface area contributed by atoms with Gasteiger partial charge in [-0.15, -0.1) is 0 Å². The molecule has 1 aliphatic rings. The predicted molar refractivity (Wildman–Crippen MR) is 34.6 cm³/mol. The van der Waals surface area contributed by atoms with Gasteiger partial charge in [0.05, 0.1) is 0 Å². The Bertz CT molecular complexity index is 88.7. The zero-order valence-electron chi connectivity index (χ0n) is 5.20. The van der Waals surface area contributed by atoms with Gasteiger partial charge in [0, 0.05) is 24.8 Å². The van der Waals surface area contributed by atoms with Crippen molar-refractivity contribution >= 4 is 0 Å². The Labute approximate surface area is 50.0 Å². The second-order valence-electron chi connectivity index (χ2n) is 2.27. The SMILES string of the molecule is C=C1CNC(C)CN1. The maximum atomic E-state index is 3.78. The number of hydrogen-bond donors (Lipinski definition) is 2. The van der Waals surface area contributed by atoms with E-state index >= 15 is 0 Å². The highest BCUT2D eigenvalue weighted by atomic mass is 15.1. The first-order chi connectivity index (χ1) is 3.79. The summed E-state index contributed by atoms with van der Waals surface area (Å²) in [5.41, 5.74) is 1.10. The molecule has 1 unspecified atom stereocenters. The summed E-state index contributed by atoms with van der Waals surface area (Å²) in [6.07, 6.45) is 0. The van der Waals surface area contributed by atoms with Crippen LogP contribution in [0.1, 0.15) is 6.92 Å². The van der Waals surface area contributed by atoms with Crippen molar-refractivity contribution < 1.29 is 0 Å². The highest BCUT2D eigenvalue weighted by Gasteiger charge is 2.06. The van der Waals surface area contributed by atoms with Crippen LogP contribution in [-0.4, -0.2) is 19.1 Å². The lowest BCUT2D eigenvalue weighted by Crippen LogP contribution is -2.44. The second-order valence-corrected chi connectivity index (χ2v) is 2.27. The van der Waals surface area contributed by atoms with Crippen LogP contribution in [0.3, 0.4) is 0 Å². The van der Waals surface area contributed by atoms with Gasteiger partial charge in [-0.1, -0.05) is 6.58 Å². The normalized spacial score (nSPS) is 29.6. The van der Waals surface area contributed by atoms with Gasteiger partial charge in [-0.3, -0.25) is 0 Å². The highest BCUT2D eigenvalue weighted by Crippen LogP contribution is 1.90. The van der Waals surface area contributed by atoms with Crippen molar-refractivity contribution in [1.82, 2.24) is 10.6 Å². The largest absolute Gasteiger partial charge is 0.386 e. The third-order valence-corrected chi connectivity index (χ3v) is 1.32. The predicted octanol–water partition coefficient (Wildman–Crippen LogP) is 0.0814. The molecule has 8 heavy (non-hydrogen) atoms. The van der Waals surface area contributed by atoms with E-state index in [4.69, 9.17) is 0 Å². The van der Waals surface area contributed by atoms with Gasteiger partial charge in [0.1, 0.15) is 0 Å². The summed E-state index contributed by atoms with van der Waals surface area (Å²) < 4.78 is 0. The van der Waals surface area contributed by atoms with Crippen LogP contribution in [0.15, 0.2) is 12.3 Å². The minimum Gasteiger partial charge on any atom is -0.386 e. The fourth-order valence-electron chi connectivity index (χ4n) is 0.730. The first-order valence-electron chi connectivity index (χ1n) is 2.94. The molecule has 46 valence electrons. The standard InChI is InChI=1S/C6H12N2/c1-5-3-8-6(2)4-7-5/h6-8H,1,3-4H2,2H3. The van der Waals surface area contributed by atoms with E-state index in [1.807, 2.05) is 0 Å². The smallest absolute Gasteiger partial charge is 0.0350 e. The Morgan fingerprint density at radius 1 is 1.75 bits per heavy atom. The quantitative estimate of drug-likeness (QED) is 0.464. The molecule has 0 radical (unpaired) electrons. The van der Waals surface area contributed by atoms with Crippen molar-refractivity contribution in [3.05, 3.63) is 12.3 Å². The summed E-state index contributed by atoms with van der Waals surface area (Å²) in [5, 5.41) is 6.44. The van der Waals surface area contributed by atoms with Crippen molar-refractivity contribution in [1.29, 1.82) is 0 Å². The van der Waals surface area contributed by atoms with Crippen molar-refractivity contribution in [2.75, 3.05) is 13.1 Å². The van der Waals surface area contributed by atoms with Gasteiger partial charge >= 0.3 is 0 Å². The molecule has 0 aromatic heterocycles. The average Bonchev–Trinajstić information content (AvgIpc) is 1.77. The molecule has 0 saturated carbocycles. The van der Waals surface area contributed by atoms with Gasteiger partial charge < -0.3 is 10.6 Å². The first-order valence-corrected chi connectivity index (χ1v) is 2.94. The molecule has 1 saturated heterocycles. The Morgan fingerprint density at radius 3 is 2.88 bits per heavy atom. The molecule has 1 atom stereocenters. The molecule has 2 N–H and O–H groups in total. The summed E-state index contributed by atoms with van der Waals surface area (Å²) in [4.78, 5) is 0. The summed E-state index contributed by atoms with van der Waals surface area (Å²) in [6, 6.07) is 0.598. The van der Waals surface area contributed by atoms with Crippen molar-refractivity contribution in [2.24, 2.45) is 0 Å². The first kappa shape index (κ1) is 5.63. The van der Waals surface area contributed by atoms with Crippen LogP contribution in [0.2, 0.25) is 0 Å².